The number of hydrogen-bond donors (Lipinski definition) is 0. The summed E-state index contributed by atoms with van der Waals surface area (Å²) in [7, 11) is 1.76. The smallest absolute Gasteiger partial charge is 0.122 e. The summed E-state index contributed by atoms with van der Waals surface area (Å²) in [5.41, 5.74) is 1.33. The van der Waals surface area contributed by atoms with Gasteiger partial charge in [-0.3, -0.25) is 0 Å². The number of methoxy groups -OCH3 is 1. The molecule has 94 valence electrons. The monoisotopic (exact) mass is 233 g/mol. The number of nitrogens with zero attached hydrogens (tertiary/aromatic N) is 1. The Morgan fingerprint density at radius 1 is 1.18 bits per heavy atom. The second-order valence-corrected chi connectivity index (χ2v) is 5.00. The van der Waals surface area contributed by atoms with E-state index < -0.39 is 0 Å². The Bertz CT molecular complexity index is 345. The average Bonchev–Trinajstić information content (AvgIpc) is 2.40. The van der Waals surface area contributed by atoms with Crippen molar-refractivity contribution in [1.82, 2.24) is 4.90 Å². The van der Waals surface area contributed by atoms with E-state index in [1.165, 1.54) is 37.9 Å². The van der Waals surface area contributed by atoms with Crippen LogP contribution < -0.4 is 4.74 Å². The Morgan fingerprint density at radius 2 is 1.88 bits per heavy atom. The molecular weight excluding hydrogens is 210 g/mol. The van der Waals surface area contributed by atoms with Crippen molar-refractivity contribution in [3.63, 3.8) is 0 Å². The van der Waals surface area contributed by atoms with E-state index in [0.717, 1.165) is 12.3 Å². The van der Waals surface area contributed by atoms with E-state index in [2.05, 4.69) is 30.0 Å². The Hall–Kier alpha value is -1.02. The summed E-state index contributed by atoms with van der Waals surface area (Å²) < 4.78 is 5.44. The molecule has 0 aromatic heterocycles. The van der Waals surface area contributed by atoms with E-state index in [0.29, 0.717) is 5.92 Å². The lowest BCUT2D eigenvalue weighted by atomic mass is 9.98. The highest BCUT2D eigenvalue weighted by Gasteiger charge is 2.16. The van der Waals surface area contributed by atoms with Crippen molar-refractivity contribution in [3.05, 3.63) is 29.8 Å². The summed E-state index contributed by atoms with van der Waals surface area (Å²) in [4.78, 5) is 2.58. The van der Waals surface area contributed by atoms with Gasteiger partial charge in [0.1, 0.15) is 5.75 Å². The van der Waals surface area contributed by atoms with Crippen molar-refractivity contribution in [2.24, 2.45) is 0 Å². The van der Waals surface area contributed by atoms with Crippen LogP contribution in [0.25, 0.3) is 0 Å². The second-order valence-electron chi connectivity index (χ2n) is 5.00. The first-order valence-corrected chi connectivity index (χ1v) is 6.66. The minimum Gasteiger partial charge on any atom is -0.496 e. The zero-order chi connectivity index (χ0) is 12.1. The lowest BCUT2D eigenvalue weighted by molar-refractivity contribution is 0.218. The number of piperidine rings is 1. The Labute approximate surface area is 105 Å². The lowest BCUT2D eigenvalue weighted by Gasteiger charge is -2.29. The largest absolute Gasteiger partial charge is 0.496 e. The molecule has 0 N–H and O–H groups in total. The first-order chi connectivity index (χ1) is 8.31. The summed E-state index contributed by atoms with van der Waals surface area (Å²) in [6.45, 7) is 5.98. The maximum absolute atomic E-state index is 5.44. The molecule has 1 fully saturated rings. The molecule has 1 heterocycles. The molecule has 0 saturated carbocycles. The van der Waals surface area contributed by atoms with E-state index in [4.69, 9.17) is 4.74 Å². The number of rotatable bonds is 4. The van der Waals surface area contributed by atoms with Crippen LogP contribution in [0.15, 0.2) is 24.3 Å². The predicted octanol–water partition coefficient (Wildman–Crippen LogP) is 3.28. The fourth-order valence-corrected chi connectivity index (χ4v) is 2.70. The van der Waals surface area contributed by atoms with Gasteiger partial charge in [-0.2, -0.15) is 0 Å². The Kier molecular flexibility index (Phi) is 4.43. The first-order valence-electron chi connectivity index (χ1n) is 6.66. The molecule has 0 radical (unpaired) electrons. The van der Waals surface area contributed by atoms with E-state index >= 15 is 0 Å². The van der Waals surface area contributed by atoms with Crippen LogP contribution in [-0.4, -0.2) is 31.6 Å². The van der Waals surface area contributed by atoms with Crippen LogP contribution >= 0.6 is 0 Å². The van der Waals surface area contributed by atoms with Crippen LogP contribution in [0.4, 0.5) is 0 Å². The fourth-order valence-electron chi connectivity index (χ4n) is 2.70. The fraction of sp³-hybridized carbons (Fsp3) is 0.600. The Morgan fingerprint density at radius 3 is 2.59 bits per heavy atom. The lowest BCUT2D eigenvalue weighted by Crippen LogP contribution is -2.32. The zero-order valence-electron chi connectivity index (χ0n) is 11.0. The third kappa shape index (κ3) is 3.22. The number of hydrogen-bond acceptors (Lipinski definition) is 2. The summed E-state index contributed by atoms with van der Waals surface area (Å²) in [6.07, 6.45) is 4.12. The molecule has 1 atom stereocenters. The second kappa shape index (κ2) is 6.06. The van der Waals surface area contributed by atoms with Gasteiger partial charge < -0.3 is 9.64 Å². The maximum Gasteiger partial charge on any atom is 0.122 e. The standard InChI is InChI=1S/C15H23NO/c1-13(12-16-10-6-3-7-11-16)14-8-4-5-9-15(14)17-2/h4-5,8-9,13H,3,6-7,10-12H2,1-2H3. The highest BCUT2D eigenvalue weighted by atomic mass is 16.5. The molecular formula is C15H23NO. The summed E-state index contributed by atoms with van der Waals surface area (Å²) in [5, 5.41) is 0. The maximum atomic E-state index is 5.44. The van der Waals surface area contributed by atoms with Gasteiger partial charge >= 0.3 is 0 Å². The quantitative estimate of drug-likeness (QED) is 0.791. The molecule has 2 heteroatoms. The third-order valence-corrected chi connectivity index (χ3v) is 3.65. The van der Waals surface area contributed by atoms with Gasteiger partial charge in [0.05, 0.1) is 7.11 Å². The highest BCUT2D eigenvalue weighted by molar-refractivity contribution is 5.36. The van der Waals surface area contributed by atoms with E-state index in [1.54, 1.807) is 7.11 Å². The molecule has 1 aromatic carbocycles. The van der Waals surface area contributed by atoms with Crippen molar-refractivity contribution in [1.29, 1.82) is 0 Å². The number of benzene rings is 1. The molecule has 0 bridgehead atoms. The first kappa shape index (κ1) is 12.4. The van der Waals surface area contributed by atoms with Crippen molar-refractivity contribution >= 4 is 0 Å². The van der Waals surface area contributed by atoms with Crippen molar-refractivity contribution < 1.29 is 4.74 Å². The van der Waals surface area contributed by atoms with Gasteiger partial charge in [-0.15, -0.1) is 0 Å². The number of likely N-dealkylation sites (tertiary alicyclic amines) is 1. The SMILES string of the molecule is COc1ccccc1C(C)CN1CCCCC1. The number of ether oxygens (including phenoxy) is 1. The summed E-state index contributed by atoms with van der Waals surface area (Å²) in [5.74, 6) is 1.57. The highest BCUT2D eigenvalue weighted by Crippen LogP contribution is 2.27. The van der Waals surface area contributed by atoms with Gasteiger partial charge in [0.15, 0.2) is 0 Å². The van der Waals surface area contributed by atoms with Crippen molar-refractivity contribution in [2.75, 3.05) is 26.7 Å². The minimum absolute atomic E-state index is 0.546. The van der Waals surface area contributed by atoms with Crippen LogP contribution in [0.2, 0.25) is 0 Å². The summed E-state index contributed by atoms with van der Waals surface area (Å²) in [6, 6.07) is 8.38. The van der Waals surface area contributed by atoms with Gasteiger partial charge in [0.25, 0.3) is 0 Å². The molecule has 1 aliphatic rings. The number of para-hydroxylation sites is 1. The van der Waals surface area contributed by atoms with Crippen molar-refractivity contribution in [3.8, 4) is 5.75 Å². The Balaban J connectivity index is 2.00. The van der Waals surface area contributed by atoms with Crippen LogP contribution in [0.3, 0.4) is 0 Å². The zero-order valence-corrected chi connectivity index (χ0v) is 11.0. The molecule has 1 saturated heterocycles. The van der Waals surface area contributed by atoms with Crippen molar-refractivity contribution in [2.45, 2.75) is 32.1 Å². The normalized spacial score (nSPS) is 18.9. The van der Waals surface area contributed by atoms with E-state index in [9.17, 15) is 0 Å². The van der Waals surface area contributed by atoms with Crippen LogP contribution in [0, 0.1) is 0 Å². The average molecular weight is 233 g/mol. The molecule has 2 nitrogen and oxygen atoms in total. The van der Waals surface area contributed by atoms with Gasteiger partial charge in [0.2, 0.25) is 0 Å². The van der Waals surface area contributed by atoms with Gasteiger partial charge in [-0.05, 0) is 43.5 Å². The van der Waals surface area contributed by atoms with Crippen LogP contribution in [0.1, 0.15) is 37.7 Å². The molecule has 17 heavy (non-hydrogen) atoms. The van der Waals surface area contributed by atoms with Gasteiger partial charge in [-0.25, -0.2) is 0 Å². The van der Waals surface area contributed by atoms with Gasteiger partial charge in [-0.1, -0.05) is 31.5 Å². The minimum atomic E-state index is 0.546. The topological polar surface area (TPSA) is 12.5 Å². The van der Waals surface area contributed by atoms with E-state index in [1.807, 2.05) is 6.07 Å². The molecule has 0 aliphatic carbocycles. The van der Waals surface area contributed by atoms with Crippen LogP contribution in [0.5, 0.6) is 5.75 Å². The van der Waals surface area contributed by atoms with E-state index in [-0.39, 0.29) is 0 Å². The summed E-state index contributed by atoms with van der Waals surface area (Å²) >= 11 is 0. The molecule has 1 aromatic rings. The van der Waals surface area contributed by atoms with Gasteiger partial charge in [0, 0.05) is 6.54 Å². The predicted molar refractivity (Wildman–Crippen MR) is 71.7 cm³/mol. The molecule has 0 amide bonds. The molecule has 1 unspecified atom stereocenters. The molecule has 0 spiro atoms. The van der Waals surface area contributed by atoms with Crippen LogP contribution in [-0.2, 0) is 0 Å². The molecule has 1 aliphatic heterocycles. The third-order valence-electron chi connectivity index (χ3n) is 3.65. The molecule has 2 rings (SSSR count).